The zero-order valence-electron chi connectivity index (χ0n) is 10.8. The van der Waals surface area contributed by atoms with Gasteiger partial charge < -0.3 is 9.88 Å². The predicted octanol–water partition coefficient (Wildman–Crippen LogP) is 3.59. The summed E-state index contributed by atoms with van der Waals surface area (Å²) in [7, 11) is 1.79. The summed E-state index contributed by atoms with van der Waals surface area (Å²) in [5.74, 6) is -0.169. The van der Waals surface area contributed by atoms with Crippen LogP contribution in [0, 0.1) is 0 Å². The second-order valence-corrected chi connectivity index (χ2v) is 5.34. The van der Waals surface area contributed by atoms with Crippen LogP contribution in [0.3, 0.4) is 0 Å². The molecule has 0 bridgehead atoms. The molecule has 0 spiro atoms. The standard InChI is InChI=1S/C15H12BrN3O/c1-19-9-17-8-14(19)15(20)18-13-7-6-12(16)10-4-2-3-5-11(10)13/h2-9H,1H3,(H,18,20). The van der Waals surface area contributed by atoms with Gasteiger partial charge in [-0.15, -0.1) is 0 Å². The quantitative estimate of drug-likeness (QED) is 0.781. The summed E-state index contributed by atoms with van der Waals surface area (Å²) in [6.07, 6.45) is 3.16. The van der Waals surface area contributed by atoms with E-state index in [0.717, 1.165) is 20.9 Å². The van der Waals surface area contributed by atoms with Crippen LogP contribution in [0.25, 0.3) is 10.8 Å². The Labute approximate surface area is 124 Å². The summed E-state index contributed by atoms with van der Waals surface area (Å²) in [6.45, 7) is 0. The molecular weight excluding hydrogens is 318 g/mol. The fourth-order valence-electron chi connectivity index (χ4n) is 2.13. The summed E-state index contributed by atoms with van der Waals surface area (Å²) in [4.78, 5) is 16.2. The van der Waals surface area contributed by atoms with Crippen LogP contribution in [0.2, 0.25) is 0 Å². The summed E-state index contributed by atoms with van der Waals surface area (Å²) in [5.41, 5.74) is 1.31. The third kappa shape index (κ3) is 2.20. The number of aromatic nitrogens is 2. The van der Waals surface area contributed by atoms with Gasteiger partial charge in [0.15, 0.2) is 0 Å². The summed E-state index contributed by atoms with van der Waals surface area (Å²) < 4.78 is 2.70. The van der Waals surface area contributed by atoms with Crippen molar-refractivity contribution < 1.29 is 4.79 Å². The summed E-state index contributed by atoms with van der Waals surface area (Å²) in [6, 6.07) is 11.7. The number of amides is 1. The van der Waals surface area contributed by atoms with Crippen LogP contribution in [-0.2, 0) is 7.05 Å². The topological polar surface area (TPSA) is 46.9 Å². The Kier molecular flexibility index (Phi) is 3.28. The molecule has 0 unspecified atom stereocenters. The molecule has 0 aliphatic rings. The van der Waals surface area contributed by atoms with Gasteiger partial charge in [0.05, 0.1) is 12.5 Å². The highest BCUT2D eigenvalue weighted by atomic mass is 79.9. The second-order valence-electron chi connectivity index (χ2n) is 4.48. The first-order valence-corrected chi connectivity index (χ1v) is 6.91. The van der Waals surface area contributed by atoms with Crippen molar-refractivity contribution >= 4 is 38.3 Å². The van der Waals surface area contributed by atoms with E-state index >= 15 is 0 Å². The van der Waals surface area contributed by atoms with Gasteiger partial charge in [0.2, 0.25) is 0 Å². The average Bonchev–Trinajstić information content (AvgIpc) is 2.88. The van der Waals surface area contributed by atoms with Gasteiger partial charge in [0.1, 0.15) is 5.69 Å². The average molecular weight is 330 g/mol. The lowest BCUT2D eigenvalue weighted by atomic mass is 10.1. The third-order valence-electron chi connectivity index (χ3n) is 3.17. The van der Waals surface area contributed by atoms with Gasteiger partial charge in [0, 0.05) is 22.6 Å². The maximum atomic E-state index is 12.2. The van der Waals surface area contributed by atoms with Gasteiger partial charge in [-0.2, -0.15) is 0 Å². The summed E-state index contributed by atoms with van der Waals surface area (Å²) >= 11 is 3.52. The number of rotatable bonds is 2. The molecule has 0 radical (unpaired) electrons. The lowest BCUT2D eigenvalue weighted by Crippen LogP contribution is -2.15. The molecule has 20 heavy (non-hydrogen) atoms. The van der Waals surface area contributed by atoms with Crippen molar-refractivity contribution in [1.82, 2.24) is 9.55 Å². The first-order chi connectivity index (χ1) is 9.66. The van der Waals surface area contributed by atoms with Crippen molar-refractivity contribution in [3.05, 3.63) is 59.1 Å². The van der Waals surface area contributed by atoms with E-state index in [-0.39, 0.29) is 5.91 Å². The van der Waals surface area contributed by atoms with Gasteiger partial charge in [0.25, 0.3) is 5.91 Å². The van der Waals surface area contributed by atoms with Crippen LogP contribution >= 0.6 is 15.9 Å². The molecule has 1 heterocycles. The van der Waals surface area contributed by atoms with Crippen LogP contribution in [0.15, 0.2) is 53.4 Å². The van der Waals surface area contributed by atoms with E-state index in [4.69, 9.17) is 0 Å². The molecule has 0 atom stereocenters. The molecule has 0 aliphatic heterocycles. The van der Waals surface area contributed by atoms with E-state index < -0.39 is 0 Å². The zero-order chi connectivity index (χ0) is 14.1. The van der Waals surface area contributed by atoms with E-state index in [1.165, 1.54) is 0 Å². The maximum Gasteiger partial charge on any atom is 0.273 e. The van der Waals surface area contributed by atoms with Gasteiger partial charge in [-0.1, -0.05) is 40.2 Å². The molecule has 2 aromatic carbocycles. The van der Waals surface area contributed by atoms with Gasteiger partial charge in [-0.25, -0.2) is 4.98 Å². The largest absolute Gasteiger partial charge is 0.330 e. The minimum Gasteiger partial charge on any atom is -0.330 e. The molecule has 3 aromatic rings. The fourth-order valence-corrected chi connectivity index (χ4v) is 2.61. The van der Waals surface area contributed by atoms with Crippen molar-refractivity contribution in [2.24, 2.45) is 7.05 Å². The highest BCUT2D eigenvalue weighted by molar-refractivity contribution is 9.10. The van der Waals surface area contributed by atoms with Gasteiger partial charge in [-0.05, 0) is 17.5 Å². The normalized spacial score (nSPS) is 10.7. The molecule has 1 amide bonds. The van der Waals surface area contributed by atoms with Gasteiger partial charge in [-0.3, -0.25) is 4.79 Å². The lowest BCUT2D eigenvalue weighted by molar-refractivity contribution is 0.101. The summed E-state index contributed by atoms with van der Waals surface area (Å²) in [5, 5.41) is 5.00. The molecular formula is C15H12BrN3O. The molecule has 1 N–H and O–H groups in total. The number of carbonyl (C=O) groups is 1. The molecule has 4 nitrogen and oxygen atoms in total. The second kappa shape index (κ2) is 5.09. The molecule has 3 rings (SSSR count). The zero-order valence-corrected chi connectivity index (χ0v) is 12.4. The number of nitrogens with one attached hydrogen (secondary N) is 1. The smallest absolute Gasteiger partial charge is 0.273 e. The number of aryl methyl sites for hydroxylation is 1. The van der Waals surface area contributed by atoms with Crippen LogP contribution < -0.4 is 5.32 Å². The number of anilines is 1. The number of imidazole rings is 1. The lowest BCUT2D eigenvalue weighted by Gasteiger charge is -2.10. The van der Waals surface area contributed by atoms with E-state index in [9.17, 15) is 4.79 Å². The Morgan fingerprint density at radius 1 is 1.20 bits per heavy atom. The molecule has 0 aliphatic carbocycles. The third-order valence-corrected chi connectivity index (χ3v) is 3.86. The van der Waals surface area contributed by atoms with Crippen molar-refractivity contribution in [3.63, 3.8) is 0 Å². The first kappa shape index (κ1) is 12.9. The Bertz CT molecular complexity index is 795. The minimum atomic E-state index is -0.169. The Balaban J connectivity index is 2.02. The number of halogens is 1. The van der Waals surface area contributed by atoms with Crippen LogP contribution in [0.5, 0.6) is 0 Å². The number of nitrogens with zero attached hydrogens (tertiary/aromatic N) is 2. The van der Waals surface area contributed by atoms with Crippen molar-refractivity contribution in [1.29, 1.82) is 0 Å². The molecule has 0 fully saturated rings. The predicted molar refractivity (Wildman–Crippen MR) is 82.8 cm³/mol. The van der Waals surface area contributed by atoms with Gasteiger partial charge >= 0.3 is 0 Å². The van der Waals surface area contributed by atoms with Crippen LogP contribution in [-0.4, -0.2) is 15.5 Å². The van der Waals surface area contributed by atoms with Crippen molar-refractivity contribution in [3.8, 4) is 0 Å². The van der Waals surface area contributed by atoms with E-state index in [1.54, 1.807) is 24.1 Å². The Morgan fingerprint density at radius 2 is 1.95 bits per heavy atom. The molecule has 0 saturated carbocycles. The Morgan fingerprint density at radius 3 is 2.65 bits per heavy atom. The fraction of sp³-hybridized carbons (Fsp3) is 0.0667. The van der Waals surface area contributed by atoms with E-state index in [0.29, 0.717) is 5.69 Å². The molecule has 5 heteroatoms. The minimum absolute atomic E-state index is 0.169. The molecule has 0 saturated heterocycles. The van der Waals surface area contributed by atoms with Crippen LogP contribution in [0.1, 0.15) is 10.5 Å². The Hall–Kier alpha value is -2.14. The first-order valence-electron chi connectivity index (χ1n) is 6.12. The number of benzene rings is 2. The number of hydrogen-bond donors (Lipinski definition) is 1. The van der Waals surface area contributed by atoms with E-state index in [2.05, 4.69) is 26.2 Å². The number of hydrogen-bond acceptors (Lipinski definition) is 2. The van der Waals surface area contributed by atoms with Crippen molar-refractivity contribution in [2.75, 3.05) is 5.32 Å². The molecule has 100 valence electrons. The van der Waals surface area contributed by atoms with Crippen LogP contribution in [0.4, 0.5) is 5.69 Å². The highest BCUT2D eigenvalue weighted by Gasteiger charge is 2.12. The monoisotopic (exact) mass is 329 g/mol. The number of carbonyl (C=O) groups excluding carboxylic acids is 1. The SMILES string of the molecule is Cn1cncc1C(=O)Nc1ccc(Br)c2ccccc12. The van der Waals surface area contributed by atoms with E-state index in [1.807, 2.05) is 36.4 Å². The molecule has 1 aromatic heterocycles. The van der Waals surface area contributed by atoms with Crippen molar-refractivity contribution in [2.45, 2.75) is 0 Å². The highest BCUT2D eigenvalue weighted by Crippen LogP contribution is 2.30. The maximum absolute atomic E-state index is 12.2. The number of fused-ring (bicyclic) bond motifs is 1.